The van der Waals surface area contributed by atoms with Gasteiger partial charge in [-0.1, -0.05) is 43.2 Å². The molecule has 1 saturated carbocycles. The van der Waals surface area contributed by atoms with Gasteiger partial charge in [0.15, 0.2) is 0 Å². The van der Waals surface area contributed by atoms with Crippen LogP contribution < -0.4 is 9.47 Å². The molecule has 0 N–H and O–H groups in total. The summed E-state index contributed by atoms with van der Waals surface area (Å²) in [5, 5.41) is 0. The molecule has 2 aromatic rings. The summed E-state index contributed by atoms with van der Waals surface area (Å²) >= 11 is 0. The number of hydrogen-bond donors (Lipinski definition) is 0. The van der Waals surface area contributed by atoms with Gasteiger partial charge in [-0.15, -0.1) is 0 Å². The minimum atomic E-state index is -0.437. The maximum absolute atomic E-state index is 13.8. The molecule has 3 aliphatic carbocycles. The molecule has 264 valence electrons. The first-order valence-electron chi connectivity index (χ1n) is 18.2. The van der Waals surface area contributed by atoms with Gasteiger partial charge in [0.25, 0.3) is 0 Å². The lowest BCUT2D eigenvalue weighted by atomic mass is 9.52. The van der Waals surface area contributed by atoms with Crippen LogP contribution in [0.15, 0.2) is 66.5 Å². The minimum absolute atomic E-state index is 0.0662. The molecule has 3 unspecified atom stereocenters. The van der Waals surface area contributed by atoms with Gasteiger partial charge >= 0.3 is 5.97 Å². The van der Waals surface area contributed by atoms with Gasteiger partial charge in [0.2, 0.25) is 5.91 Å². The zero-order valence-electron chi connectivity index (χ0n) is 29.8. The standard InChI is InChI=1S/C41H54N2O6/c1-42(2)27-34(28-48-38-14-6-5-11-30(38)16-15-29-10-9-12-32(24-29)46-3)49-40(45)20-19-39(44)43-23-22-41-21-8-7-13-35(41)37(43)25-31-17-18-33(47-4)26-36(31)41/h5-6,9-10,12,14,17-18,24,26,30,34-35,37H,7-8,11,13,15-16,19-23,25,27-28H2,1-4H3/t30?,34-,35-,37?,41?/m1/s1. The van der Waals surface area contributed by atoms with Crippen LogP contribution in [-0.4, -0.2) is 81.8 Å². The number of carbonyl (C=O) groups excluding carboxylic acids is 2. The van der Waals surface area contributed by atoms with E-state index < -0.39 is 6.10 Å². The van der Waals surface area contributed by atoms with Crippen molar-refractivity contribution in [2.24, 2.45) is 11.8 Å². The van der Waals surface area contributed by atoms with E-state index in [0.717, 1.165) is 62.3 Å². The van der Waals surface area contributed by atoms with E-state index in [0.29, 0.717) is 12.5 Å². The zero-order valence-corrected chi connectivity index (χ0v) is 29.8. The predicted octanol–water partition coefficient (Wildman–Crippen LogP) is 6.65. The Bertz CT molecular complexity index is 1530. The lowest BCUT2D eigenvalue weighted by Crippen LogP contribution is -2.62. The third-order valence-electron chi connectivity index (χ3n) is 11.3. The van der Waals surface area contributed by atoms with Crippen molar-refractivity contribution in [3.05, 3.63) is 83.1 Å². The molecule has 8 nitrogen and oxygen atoms in total. The summed E-state index contributed by atoms with van der Waals surface area (Å²) in [4.78, 5) is 31.1. The molecule has 1 aliphatic heterocycles. The van der Waals surface area contributed by atoms with E-state index in [9.17, 15) is 9.59 Å². The number of carbonyl (C=O) groups is 2. The monoisotopic (exact) mass is 670 g/mol. The van der Waals surface area contributed by atoms with Crippen molar-refractivity contribution in [3.8, 4) is 11.5 Å². The number of likely N-dealkylation sites (N-methyl/N-ethyl adjacent to an activating group) is 1. The summed E-state index contributed by atoms with van der Waals surface area (Å²) in [6.45, 7) is 1.56. The number of nitrogens with zero attached hydrogens (tertiary/aromatic N) is 2. The molecule has 0 aromatic heterocycles. The van der Waals surface area contributed by atoms with Crippen LogP contribution in [0.25, 0.3) is 0 Å². The van der Waals surface area contributed by atoms with Crippen LogP contribution in [0.5, 0.6) is 11.5 Å². The van der Waals surface area contributed by atoms with Crippen molar-refractivity contribution in [1.29, 1.82) is 0 Å². The normalized spacial score (nSPS) is 24.7. The number of aryl methyl sites for hydroxylation is 1. The number of rotatable bonds is 14. The van der Waals surface area contributed by atoms with Gasteiger partial charge in [-0.2, -0.15) is 0 Å². The molecule has 6 rings (SSSR count). The second-order valence-electron chi connectivity index (χ2n) is 14.6. The number of allylic oxidation sites excluding steroid dienone is 4. The molecule has 2 aromatic carbocycles. The highest BCUT2D eigenvalue weighted by molar-refractivity contribution is 5.82. The van der Waals surface area contributed by atoms with Gasteiger partial charge in [-0.05, 0) is 112 Å². The van der Waals surface area contributed by atoms with E-state index in [1.54, 1.807) is 14.2 Å². The highest BCUT2D eigenvalue weighted by Gasteiger charge is 2.54. The molecule has 1 heterocycles. The van der Waals surface area contributed by atoms with E-state index in [4.69, 9.17) is 18.9 Å². The number of piperidine rings is 1. The molecule has 1 saturated heterocycles. The van der Waals surface area contributed by atoms with E-state index in [2.05, 4.69) is 41.3 Å². The number of fused-ring (bicyclic) bond motifs is 1. The summed E-state index contributed by atoms with van der Waals surface area (Å²) in [5.74, 6) is 3.14. The first-order valence-corrected chi connectivity index (χ1v) is 18.2. The minimum Gasteiger partial charge on any atom is -0.497 e. The number of ether oxygens (including phenoxy) is 4. The molecule has 0 spiro atoms. The third-order valence-corrected chi connectivity index (χ3v) is 11.3. The molecule has 4 aliphatic rings. The maximum atomic E-state index is 13.8. The third kappa shape index (κ3) is 8.01. The first-order chi connectivity index (χ1) is 23.8. The van der Waals surface area contributed by atoms with Gasteiger partial charge in [0.05, 0.1) is 26.4 Å². The topological polar surface area (TPSA) is 77.5 Å². The van der Waals surface area contributed by atoms with Crippen LogP contribution in [0.1, 0.15) is 74.5 Å². The Labute approximate surface area is 292 Å². The lowest BCUT2D eigenvalue weighted by molar-refractivity contribution is -0.155. The fourth-order valence-corrected chi connectivity index (χ4v) is 8.99. The highest BCUT2D eigenvalue weighted by Crippen LogP contribution is 2.56. The van der Waals surface area contributed by atoms with Gasteiger partial charge < -0.3 is 28.7 Å². The summed E-state index contributed by atoms with van der Waals surface area (Å²) in [7, 11) is 7.35. The van der Waals surface area contributed by atoms with Crippen LogP contribution in [0.2, 0.25) is 0 Å². The van der Waals surface area contributed by atoms with Gasteiger partial charge in [0.1, 0.15) is 24.2 Å². The largest absolute Gasteiger partial charge is 0.497 e. The second kappa shape index (κ2) is 15.8. The van der Waals surface area contributed by atoms with Crippen molar-refractivity contribution in [3.63, 3.8) is 0 Å². The number of likely N-dealkylation sites (tertiary alicyclic amines) is 1. The maximum Gasteiger partial charge on any atom is 0.306 e. The van der Waals surface area contributed by atoms with E-state index in [1.165, 1.54) is 36.0 Å². The van der Waals surface area contributed by atoms with E-state index in [1.807, 2.05) is 43.3 Å². The molecular weight excluding hydrogens is 616 g/mol. The van der Waals surface area contributed by atoms with Crippen LogP contribution >= 0.6 is 0 Å². The molecule has 8 heteroatoms. The Morgan fingerprint density at radius 1 is 1.02 bits per heavy atom. The second-order valence-corrected chi connectivity index (χ2v) is 14.6. The average Bonchev–Trinajstić information content (AvgIpc) is 3.12. The summed E-state index contributed by atoms with van der Waals surface area (Å²) in [6, 6.07) is 14.9. The fourth-order valence-electron chi connectivity index (χ4n) is 8.99. The average molecular weight is 671 g/mol. The Balaban J connectivity index is 1.03. The molecule has 2 fully saturated rings. The van der Waals surface area contributed by atoms with E-state index in [-0.39, 0.29) is 48.7 Å². The number of esters is 1. The van der Waals surface area contributed by atoms with Crippen molar-refractivity contribution >= 4 is 11.9 Å². The van der Waals surface area contributed by atoms with Crippen LogP contribution in [0, 0.1) is 11.8 Å². The smallest absolute Gasteiger partial charge is 0.306 e. The zero-order chi connectivity index (χ0) is 34.4. The van der Waals surface area contributed by atoms with Crippen molar-refractivity contribution in [2.45, 2.75) is 88.2 Å². The molecule has 49 heavy (non-hydrogen) atoms. The van der Waals surface area contributed by atoms with E-state index >= 15 is 0 Å². The number of amides is 1. The first kappa shape index (κ1) is 35.1. The number of methoxy groups -OCH3 is 2. The van der Waals surface area contributed by atoms with Crippen LogP contribution in [0.3, 0.4) is 0 Å². The highest BCUT2D eigenvalue weighted by atomic mass is 16.6. The molecule has 2 bridgehead atoms. The molecule has 5 atom stereocenters. The van der Waals surface area contributed by atoms with Crippen molar-refractivity contribution in [2.75, 3.05) is 48.0 Å². The Morgan fingerprint density at radius 2 is 1.86 bits per heavy atom. The number of benzene rings is 2. The summed E-state index contributed by atoms with van der Waals surface area (Å²) < 4.78 is 23.3. The Hall–Kier alpha value is -3.78. The lowest BCUT2D eigenvalue weighted by Gasteiger charge is -2.59. The van der Waals surface area contributed by atoms with Crippen molar-refractivity contribution < 1.29 is 28.5 Å². The Morgan fingerprint density at radius 3 is 2.67 bits per heavy atom. The SMILES string of the molecule is COc1cccc(CCC2CC=CC=C2OC[C@@H](CN(C)C)OC(=O)CCC(=O)N2CCC34CCCC[C@@H]3C2Cc2ccc(OC)cc24)c1. The summed E-state index contributed by atoms with van der Waals surface area (Å²) in [6.07, 6.45) is 15.4. The number of hydrogen-bond acceptors (Lipinski definition) is 7. The van der Waals surface area contributed by atoms with Gasteiger partial charge in [0, 0.05) is 36.9 Å². The quantitative estimate of drug-likeness (QED) is 0.208. The fraction of sp³-hybridized carbons (Fsp3) is 0.561. The van der Waals surface area contributed by atoms with Crippen LogP contribution in [-0.2, 0) is 37.3 Å². The predicted molar refractivity (Wildman–Crippen MR) is 191 cm³/mol. The van der Waals surface area contributed by atoms with Gasteiger partial charge in [-0.3, -0.25) is 9.59 Å². The molecular formula is C41H54N2O6. The van der Waals surface area contributed by atoms with Crippen molar-refractivity contribution in [1.82, 2.24) is 9.80 Å². The Kier molecular flexibility index (Phi) is 11.3. The van der Waals surface area contributed by atoms with Gasteiger partial charge in [-0.25, -0.2) is 0 Å². The molecule has 1 amide bonds. The summed E-state index contributed by atoms with van der Waals surface area (Å²) in [5.41, 5.74) is 4.15. The van der Waals surface area contributed by atoms with Crippen LogP contribution in [0.4, 0.5) is 0 Å². The molecule has 0 radical (unpaired) electrons.